The Labute approximate surface area is 184 Å². The van der Waals surface area contributed by atoms with Crippen molar-refractivity contribution in [2.45, 2.75) is 40.0 Å². The van der Waals surface area contributed by atoms with Gasteiger partial charge >= 0.3 is 0 Å². The maximum absolute atomic E-state index is 11.4. The fraction of sp³-hybridized carbons (Fsp3) is 0.476. The van der Waals surface area contributed by atoms with Gasteiger partial charge in [0.1, 0.15) is 6.29 Å². The van der Waals surface area contributed by atoms with Crippen LogP contribution < -0.4 is 5.73 Å². The average molecular weight is 447 g/mol. The highest BCUT2D eigenvalue weighted by Crippen LogP contribution is 2.29. The highest BCUT2D eigenvalue weighted by atomic mass is 35.5. The molecule has 0 spiro atoms. The molecule has 0 aliphatic carbocycles. The number of aldehydes is 1. The molecule has 1 unspecified atom stereocenters. The van der Waals surface area contributed by atoms with Crippen molar-refractivity contribution in [2.24, 2.45) is 11.7 Å². The summed E-state index contributed by atoms with van der Waals surface area (Å²) in [6.45, 7) is 12.0. The van der Waals surface area contributed by atoms with E-state index in [1.54, 1.807) is 18.2 Å². The first-order valence-electron chi connectivity index (χ1n) is 9.43. The third-order valence-electron chi connectivity index (χ3n) is 4.77. The van der Waals surface area contributed by atoms with E-state index in [0.29, 0.717) is 39.6 Å². The minimum absolute atomic E-state index is 0.106. The fourth-order valence-electron chi connectivity index (χ4n) is 2.92. The van der Waals surface area contributed by atoms with Gasteiger partial charge in [0.25, 0.3) is 0 Å². The Morgan fingerprint density at radius 1 is 1.14 bits per heavy atom. The molecule has 1 fully saturated rings. The number of hydrogen-bond acceptors (Lipinski definition) is 4. The molecule has 1 saturated heterocycles. The van der Waals surface area contributed by atoms with Gasteiger partial charge in [-0.1, -0.05) is 60.5 Å². The highest BCUT2D eigenvalue weighted by molar-refractivity contribution is 6.35. The summed E-state index contributed by atoms with van der Waals surface area (Å²) in [6, 6.07) is 0. The normalized spacial score (nSPS) is 18.7. The van der Waals surface area contributed by atoms with Crippen LogP contribution in [0.3, 0.4) is 0 Å². The molecule has 4 nitrogen and oxygen atoms in total. The second-order valence-corrected chi connectivity index (χ2v) is 7.89. The molecule has 0 aromatic carbocycles. The number of nitrogens with two attached hydrogens (primary N) is 1. The second kappa shape index (κ2) is 12.3. The number of carbonyl (C=O) groups excluding carboxylic acids is 1. The fourth-order valence-corrected chi connectivity index (χ4v) is 3.43. The number of rotatable bonds is 9. The quantitative estimate of drug-likeness (QED) is 0.367. The van der Waals surface area contributed by atoms with E-state index in [1.807, 2.05) is 20.8 Å². The summed E-state index contributed by atoms with van der Waals surface area (Å²) in [5, 5.41) is 1.54. The SMILES string of the molecule is C=C(/C(Cl)=C\C(Cl)=C/C)N1CCCN(/C(CC(C=O)CC)=C(N)/C(Cl)=C\C)C1. The van der Waals surface area contributed by atoms with Crippen molar-refractivity contribution in [2.75, 3.05) is 19.8 Å². The van der Waals surface area contributed by atoms with Crippen molar-refractivity contribution in [1.29, 1.82) is 0 Å². The van der Waals surface area contributed by atoms with Crippen molar-refractivity contribution in [1.82, 2.24) is 9.80 Å². The molecule has 2 N–H and O–H groups in total. The van der Waals surface area contributed by atoms with Gasteiger partial charge in [0.2, 0.25) is 0 Å². The van der Waals surface area contributed by atoms with Gasteiger partial charge in [-0.05, 0) is 39.2 Å². The Morgan fingerprint density at radius 3 is 2.32 bits per heavy atom. The van der Waals surface area contributed by atoms with E-state index in [9.17, 15) is 4.79 Å². The maximum Gasteiger partial charge on any atom is 0.123 e. The predicted molar refractivity (Wildman–Crippen MR) is 121 cm³/mol. The van der Waals surface area contributed by atoms with Crippen LogP contribution in [0, 0.1) is 5.92 Å². The molecule has 0 radical (unpaired) electrons. The molecular formula is C21H30Cl3N3O. The molecule has 1 heterocycles. The molecule has 1 rings (SSSR count). The van der Waals surface area contributed by atoms with Crippen LogP contribution in [-0.2, 0) is 4.79 Å². The average Bonchev–Trinajstić information content (AvgIpc) is 2.72. The molecule has 0 saturated carbocycles. The van der Waals surface area contributed by atoms with E-state index < -0.39 is 0 Å². The van der Waals surface area contributed by atoms with Crippen LogP contribution in [-0.4, -0.2) is 35.8 Å². The molecule has 1 atom stereocenters. The molecular weight excluding hydrogens is 417 g/mol. The third kappa shape index (κ3) is 6.91. The van der Waals surface area contributed by atoms with Crippen molar-refractivity contribution < 1.29 is 4.79 Å². The smallest absolute Gasteiger partial charge is 0.123 e. The van der Waals surface area contributed by atoms with Crippen LogP contribution in [0.4, 0.5) is 0 Å². The zero-order chi connectivity index (χ0) is 21.3. The van der Waals surface area contributed by atoms with Crippen LogP contribution in [0.25, 0.3) is 0 Å². The number of carbonyl (C=O) groups is 1. The van der Waals surface area contributed by atoms with Crippen molar-refractivity contribution in [3.8, 4) is 0 Å². The van der Waals surface area contributed by atoms with Gasteiger partial charge in [-0.25, -0.2) is 0 Å². The Bertz CT molecular complexity index is 695. The van der Waals surface area contributed by atoms with Crippen LogP contribution in [0.1, 0.15) is 40.0 Å². The monoisotopic (exact) mass is 445 g/mol. The molecule has 28 heavy (non-hydrogen) atoms. The number of nitrogens with zero attached hydrogens (tertiary/aromatic N) is 2. The van der Waals surface area contributed by atoms with Gasteiger partial charge < -0.3 is 20.3 Å². The summed E-state index contributed by atoms with van der Waals surface area (Å²) in [6.07, 6.45) is 8.39. The van der Waals surface area contributed by atoms with Gasteiger partial charge in [0.15, 0.2) is 0 Å². The van der Waals surface area contributed by atoms with Gasteiger partial charge in [-0.2, -0.15) is 0 Å². The van der Waals surface area contributed by atoms with Gasteiger partial charge in [-0.15, -0.1) is 0 Å². The van der Waals surface area contributed by atoms with Crippen molar-refractivity contribution in [3.05, 3.63) is 57.0 Å². The van der Waals surface area contributed by atoms with E-state index in [4.69, 9.17) is 40.5 Å². The first-order valence-corrected chi connectivity index (χ1v) is 10.6. The molecule has 0 amide bonds. The van der Waals surface area contributed by atoms with E-state index in [-0.39, 0.29) is 5.92 Å². The van der Waals surface area contributed by atoms with Gasteiger partial charge in [0, 0.05) is 35.4 Å². The topological polar surface area (TPSA) is 49.6 Å². The zero-order valence-corrected chi connectivity index (χ0v) is 19.1. The molecule has 1 aliphatic heterocycles. The molecule has 0 aromatic rings. The minimum atomic E-state index is -0.106. The van der Waals surface area contributed by atoms with Crippen LogP contribution >= 0.6 is 34.8 Å². The summed E-state index contributed by atoms with van der Waals surface area (Å²) in [7, 11) is 0. The molecule has 0 bridgehead atoms. The van der Waals surface area contributed by atoms with Crippen LogP contribution in [0.15, 0.2) is 57.0 Å². The Kier molecular flexibility index (Phi) is 10.8. The Balaban J connectivity index is 3.14. The first-order chi connectivity index (χ1) is 13.3. The standard InChI is InChI=1S/C21H30Cl3N3O/c1-5-16(13-28)11-20(21(25)18(23)7-3)27-10-8-9-26(14-27)15(4)19(24)12-17(22)6-2/h6-7,12-13,16H,4-5,8-11,14,25H2,1-3H3/b17-6+,18-7+,19-12+,21-20-. The lowest BCUT2D eigenvalue weighted by molar-refractivity contribution is -0.111. The number of hydrogen-bond donors (Lipinski definition) is 1. The Hall–Kier alpha value is -1.36. The lowest BCUT2D eigenvalue weighted by Gasteiger charge is -2.41. The summed E-state index contributed by atoms with van der Waals surface area (Å²) < 4.78 is 0. The van der Waals surface area contributed by atoms with E-state index in [1.165, 1.54) is 0 Å². The third-order valence-corrected chi connectivity index (χ3v) is 5.85. The van der Waals surface area contributed by atoms with E-state index in [2.05, 4.69) is 16.4 Å². The summed E-state index contributed by atoms with van der Waals surface area (Å²) in [5.41, 5.74) is 8.43. The zero-order valence-electron chi connectivity index (χ0n) is 16.9. The van der Waals surface area contributed by atoms with Crippen LogP contribution in [0.2, 0.25) is 0 Å². The largest absolute Gasteiger partial charge is 0.396 e. The first kappa shape index (κ1) is 24.7. The van der Waals surface area contributed by atoms with E-state index >= 15 is 0 Å². The summed E-state index contributed by atoms with van der Waals surface area (Å²) in [4.78, 5) is 15.7. The number of halogens is 3. The summed E-state index contributed by atoms with van der Waals surface area (Å²) in [5.74, 6) is -0.106. The molecule has 0 aromatic heterocycles. The molecule has 7 heteroatoms. The lowest BCUT2D eigenvalue weighted by atomic mass is 9.99. The minimum Gasteiger partial charge on any atom is -0.396 e. The van der Waals surface area contributed by atoms with Crippen LogP contribution in [0.5, 0.6) is 0 Å². The second-order valence-electron chi connectivity index (χ2n) is 6.64. The Morgan fingerprint density at radius 2 is 1.79 bits per heavy atom. The van der Waals surface area contributed by atoms with E-state index in [0.717, 1.165) is 37.9 Å². The maximum atomic E-state index is 11.4. The lowest BCUT2D eigenvalue weighted by Crippen LogP contribution is -2.44. The van der Waals surface area contributed by atoms with Crippen molar-refractivity contribution in [3.63, 3.8) is 0 Å². The predicted octanol–water partition coefficient (Wildman–Crippen LogP) is 5.66. The molecule has 1 aliphatic rings. The number of allylic oxidation sites excluding steroid dienone is 7. The van der Waals surface area contributed by atoms with Crippen molar-refractivity contribution >= 4 is 41.1 Å². The molecule has 156 valence electrons. The highest BCUT2D eigenvalue weighted by Gasteiger charge is 2.25. The summed E-state index contributed by atoms with van der Waals surface area (Å²) >= 11 is 18.8. The van der Waals surface area contributed by atoms with Gasteiger partial charge in [-0.3, -0.25) is 0 Å². The van der Waals surface area contributed by atoms with Gasteiger partial charge in [0.05, 0.1) is 22.4 Å².